The summed E-state index contributed by atoms with van der Waals surface area (Å²) >= 11 is 0. The average molecular weight is 187 g/mol. The van der Waals surface area contributed by atoms with Crippen LogP contribution in [0.25, 0.3) is 0 Å². The van der Waals surface area contributed by atoms with Gasteiger partial charge < -0.3 is 9.57 Å². The number of esters is 1. The van der Waals surface area contributed by atoms with Crippen LogP contribution in [0.3, 0.4) is 0 Å². The van der Waals surface area contributed by atoms with Gasteiger partial charge >= 0.3 is 5.97 Å². The van der Waals surface area contributed by atoms with Crippen LogP contribution in [0, 0.1) is 0 Å². The van der Waals surface area contributed by atoms with E-state index in [1.165, 1.54) is 6.92 Å². The molecule has 0 saturated carbocycles. The summed E-state index contributed by atoms with van der Waals surface area (Å²) in [5.74, 6) is -1.21. The Labute approximate surface area is 76.7 Å². The molecule has 0 N–H and O–H groups in total. The molecule has 0 aromatic heterocycles. The Bertz CT molecular complexity index is 222. The summed E-state index contributed by atoms with van der Waals surface area (Å²) < 4.78 is 4.59. The normalized spacial score (nSPS) is 10.8. The Kier molecular flexibility index (Phi) is 5.50. The Morgan fingerprint density at radius 3 is 2.23 bits per heavy atom. The fourth-order valence-corrected chi connectivity index (χ4v) is 0.574. The highest BCUT2D eigenvalue weighted by atomic mass is 16.6. The van der Waals surface area contributed by atoms with Crippen molar-refractivity contribution in [3.05, 3.63) is 0 Å². The number of carbonyl (C=O) groups is 2. The maximum Gasteiger partial charge on any atom is 0.364 e. The summed E-state index contributed by atoms with van der Waals surface area (Å²) in [6, 6.07) is 0. The molecular weight excluding hydrogens is 174 g/mol. The second kappa shape index (κ2) is 6.16. The van der Waals surface area contributed by atoms with Gasteiger partial charge in [0.1, 0.15) is 6.61 Å². The summed E-state index contributed by atoms with van der Waals surface area (Å²) in [5.41, 5.74) is -0.302. The topological polar surface area (TPSA) is 65.0 Å². The second-order valence-electron chi connectivity index (χ2n) is 2.13. The van der Waals surface area contributed by atoms with Crippen molar-refractivity contribution in [1.29, 1.82) is 0 Å². The lowest BCUT2D eigenvalue weighted by Gasteiger charge is -2.01. The molecule has 0 aliphatic rings. The quantitative estimate of drug-likeness (QED) is 0.272. The third-order valence-corrected chi connectivity index (χ3v) is 1.09. The lowest BCUT2D eigenvalue weighted by Crippen LogP contribution is -2.24. The van der Waals surface area contributed by atoms with E-state index in [0.717, 1.165) is 0 Å². The summed E-state index contributed by atoms with van der Waals surface area (Å²) in [4.78, 5) is 26.5. The molecule has 0 aliphatic carbocycles. The molecule has 0 bridgehead atoms. The molecule has 0 saturated heterocycles. The van der Waals surface area contributed by atoms with E-state index >= 15 is 0 Å². The van der Waals surface area contributed by atoms with E-state index in [1.54, 1.807) is 13.8 Å². The molecule has 74 valence electrons. The summed E-state index contributed by atoms with van der Waals surface area (Å²) in [5, 5.41) is 3.35. The third-order valence-electron chi connectivity index (χ3n) is 1.09. The summed E-state index contributed by atoms with van der Waals surface area (Å²) in [6.07, 6.45) is 0. The molecule has 0 atom stereocenters. The van der Waals surface area contributed by atoms with Gasteiger partial charge in [-0.15, -0.1) is 0 Å². The van der Waals surface area contributed by atoms with Crippen LogP contribution in [0.15, 0.2) is 5.16 Å². The molecule has 0 fully saturated rings. The maximum absolute atomic E-state index is 11.0. The van der Waals surface area contributed by atoms with Crippen molar-refractivity contribution in [2.75, 3.05) is 13.2 Å². The minimum atomic E-state index is -0.747. The smallest absolute Gasteiger partial charge is 0.364 e. The van der Waals surface area contributed by atoms with Crippen molar-refractivity contribution < 1.29 is 19.2 Å². The van der Waals surface area contributed by atoms with Crippen molar-refractivity contribution in [1.82, 2.24) is 0 Å². The van der Waals surface area contributed by atoms with E-state index in [-0.39, 0.29) is 12.3 Å². The number of oxime groups is 1. The zero-order valence-corrected chi connectivity index (χ0v) is 7.99. The van der Waals surface area contributed by atoms with Crippen LogP contribution in [0.5, 0.6) is 0 Å². The molecule has 5 heteroatoms. The molecule has 0 aromatic rings. The van der Waals surface area contributed by atoms with Crippen LogP contribution in [0.4, 0.5) is 0 Å². The van der Waals surface area contributed by atoms with E-state index in [0.29, 0.717) is 6.61 Å². The molecule has 0 spiro atoms. The SMILES string of the molecule is CCO/N=C(\C(C)=O)C(=O)OCC. The lowest BCUT2D eigenvalue weighted by molar-refractivity contribution is -0.135. The van der Waals surface area contributed by atoms with Gasteiger partial charge in [0.25, 0.3) is 0 Å². The Hall–Kier alpha value is -1.39. The van der Waals surface area contributed by atoms with Gasteiger partial charge in [-0.25, -0.2) is 4.79 Å². The van der Waals surface area contributed by atoms with Gasteiger partial charge in [-0.2, -0.15) is 0 Å². The van der Waals surface area contributed by atoms with E-state index in [4.69, 9.17) is 0 Å². The Morgan fingerprint density at radius 1 is 1.23 bits per heavy atom. The Balaban J connectivity index is 4.41. The molecule has 0 rings (SSSR count). The monoisotopic (exact) mass is 187 g/mol. The molecule has 0 aliphatic heterocycles. The second-order valence-corrected chi connectivity index (χ2v) is 2.13. The predicted octanol–water partition coefficient (Wildman–Crippen LogP) is 0.531. The number of rotatable bonds is 5. The van der Waals surface area contributed by atoms with Crippen molar-refractivity contribution in [3.63, 3.8) is 0 Å². The third kappa shape index (κ3) is 4.25. The van der Waals surface area contributed by atoms with E-state index in [9.17, 15) is 9.59 Å². The number of ether oxygens (including phenoxy) is 1. The van der Waals surface area contributed by atoms with Crippen molar-refractivity contribution in [2.45, 2.75) is 20.8 Å². The number of Topliss-reactive ketones (excluding diaryl/α,β-unsaturated/α-hetero) is 1. The highest BCUT2D eigenvalue weighted by Crippen LogP contribution is 1.89. The molecule has 0 aromatic carbocycles. The highest BCUT2D eigenvalue weighted by molar-refractivity contribution is 6.63. The van der Waals surface area contributed by atoms with Gasteiger partial charge in [-0.1, -0.05) is 5.16 Å². The fraction of sp³-hybridized carbons (Fsp3) is 0.625. The molecule has 0 amide bonds. The van der Waals surface area contributed by atoms with Gasteiger partial charge in [-0.05, 0) is 13.8 Å². The number of hydrogen-bond acceptors (Lipinski definition) is 5. The Morgan fingerprint density at radius 2 is 1.85 bits per heavy atom. The first-order chi connectivity index (χ1) is 6.13. The molecule has 0 radical (unpaired) electrons. The fourth-order valence-electron chi connectivity index (χ4n) is 0.574. The minimum Gasteiger partial charge on any atom is -0.461 e. The molecule has 0 unspecified atom stereocenters. The zero-order chi connectivity index (χ0) is 10.3. The predicted molar refractivity (Wildman–Crippen MR) is 46.4 cm³/mol. The van der Waals surface area contributed by atoms with Gasteiger partial charge in [0.2, 0.25) is 5.71 Å². The standard InChI is InChI=1S/C8H13NO4/c1-4-12-8(11)7(6(3)10)9-13-5-2/h4-5H2,1-3H3/b9-7+. The van der Waals surface area contributed by atoms with E-state index < -0.39 is 11.8 Å². The molecule has 0 heterocycles. The first-order valence-electron chi connectivity index (χ1n) is 4.01. The molecule has 5 nitrogen and oxygen atoms in total. The van der Waals surface area contributed by atoms with Crippen LogP contribution in [-0.2, 0) is 19.2 Å². The first-order valence-corrected chi connectivity index (χ1v) is 4.01. The highest BCUT2D eigenvalue weighted by Gasteiger charge is 2.18. The van der Waals surface area contributed by atoms with Crippen LogP contribution < -0.4 is 0 Å². The van der Waals surface area contributed by atoms with Crippen LogP contribution in [-0.4, -0.2) is 30.7 Å². The number of nitrogens with zero attached hydrogens (tertiary/aromatic N) is 1. The summed E-state index contributed by atoms with van der Waals surface area (Å²) in [6.45, 7) is 5.09. The largest absolute Gasteiger partial charge is 0.461 e. The van der Waals surface area contributed by atoms with Crippen LogP contribution >= 0.6 is 0 Å². The number of ketones is 1. The maximum atomic E-state index is 11.0. The molecule has 13 heavy (non-hydrogen) atoms. The van der Waals surface area contributed by atoms with Crippen LogP contribution in [0.1, 0.15) is 20.8 Å². The van der Waals surface area contributed by atoms with Crippen molar-refractivity contribution >= 4 is 17.5 Å². The number of hydrogen-bond donors (Lipinski definition) is 0. The van der Waals surface area contributed by atoms with Gasteiger partial charge in [0.05, 0.1) is 6.61 Å². The average Bonchev–Trinajstić information content (AvgIpc) is 2.05. The first kappa shape index (κ1) is 11.6. The van der Waals surface area contributed by atoms with Crippen molar-refractivity contribution in [2.24, 2.45) is 5.16 Å². The van der Waals surface area contributed by atoms with Crippen molar-refractivity contribution in [3.8, 4) is 0 Å². The number of carbonyl (C=O) groups excluding carboxylic acids is 2. The summed E-state index contributed by atoms with van der Waals surface area (Å²) in [7, 11) is 0. The molecular formula is C8H13NO4. The lowest BCUT2D eigenvalue weighted by atomic mass is 10.3. The van der Waals surface area contributed by atoms with E-state index in [2.05, 4.69) is 14.7 Å². The van der Waals surface area contributed by atoms with Gasteiger partial charge in [0, 0.05) is 6.92 Å². The minimum absolute atomic E-state index is 0.206. The van der Waals surface area contributed by atoms with Gasteiger partial charge in [0.15, 0.2) is 5.78 Å². The zero-order valence-electron chi connectivity index (χ0n) is 7.99. The van der Waals surface area contributed by atoms with Gasteiger partial charge in [-0.3, -0.25) is 4.79 Å². The van der Waals surface area contributed by atoms with E-state index in [1.807, 2.05) is 0 Å². The van der Waals surface area contributed by atoms with Crippen LogP contribution in [0.2, 0.25) is 0 Å².